The molecule has 1 aliphatic carbocycles. The van der Waals surface area contributed by atoms with Gasteiger partial charge in [-0.05, 0) is 122 Å². The first-order valence-corrected chi connectivity index (χ1v) is 20.4. The molecule has 0 amide bonds. The first-order chi connectivity index (χ1) is 29.0. The maximum atomic E-state index is 6.66. The zero-order chi connectivity index (χ0) is 39.5. The van der Waals surface area contributed by atoms with E-state index >= 15 is 0 Å². The van der Waals surface area contributed by atoms with Crippen LogP contribution in [0.25, 0.3) is 77.6 Å². The van der Waals surface area contributed by atoms with Crippen LogP contribution in [0, 0.1) is 0 Å². The quantitative estimate of drug-likeness (QED) is 0.161. The lowest BCUT2D eigenvalue weighted by atomic mass is 9.82. The van der Waals surface area contributed by atoms with Gasteiger partial charge in [0, 0.05) is 33.1 Å². The number of rotatable bonds is 7. The van der Waals surface area contributed by atoms with Crippen LogP contribution in [0.15, 0.2) is 217 Å². The van der Waals surface area contributed by atoms with Crippen LogP contribution in [0.2, 0.25) is 0 Å². The molecule has 0 saturated carbocycles. The Bertz CT molecular complexity index is 3100. The summed E-state index contributed by atoms with van der Waals surface area (Å²) in [5.74, 6) is 0. The number of furan rings is 1. The van der Waals surface area contributed by atoms with E-state index in [1.807, 2.05) is 0 Å². The molecule has 0 bridgehead atoms. The van der Waals surface area contributed by atoms with E-state index in [0.29, 0.717) is 0 Å². The molecule has 59 heavy (non-hydrogen) atoms. The van der Waals surface area contributed by atoms with E-state index in [4.69, 9.17) is 4.42 Å². The molecule has 2 nitrogen and oxygen atoms in total. The summed E-state index contributed by atoms with van der Waals surface area (Å²) in [6.07, 6.45) is 0. The number of hydrogen-bond donors (Lipinski definition) is 0. The molecule has 280 valence electrons. The minimum absolute atomic E-state index is 0.160. The van der Waals surface area contributed by atoms with Crippen molar-refractivity contribution in [1.29, 1.82) is 0 Å². The Morgan fingerprint density at radius 2 is 0.898 bits per heavy atom. The number of hydrogen-bond acceptors (Lipinski definition) is 2. The molecule has 10 aromatic rings. The fraction of sp³-hybridized carbons (Fsp3) is 0.0526. The third-order valence-electron chi connectivity index (χ3n) is 12.3. The molecule has 1 heterocycles. The molecule has 1 aliphatic rings. The van der Waals surface area contributed by atoms with Gasteiger partial charge in [-0.2, -0.15) is 0 Å². The standard InChI is InChI=1S/C57H41NO/c1-57(2)50-24-14-12-22-47(50)48-31-30-46(37-51(48)57)58(45-28-26-41(27-29-45)38-16-6-3-7-17-38)52-32-33-54-56(49-23-13-15-25-53(49)59-54)55(52)44-35-42(39-18-8-4-9-19-39)34-43(36-44)40-20-10-5-11-21-40/h3-37H,1-2H3. The Morgan fingerprint density at radius 3 is 1.58 bits per heavy atom. The minimum atomic E-state index is -0.160. The van der Waals surface area contributed by atoms with E-state index < -0.39 is 0 Å². The molecule has 0 atom stereocenters. The maximum absolute atomic E-state index is 6.66. The fourth-order valence-corrected chi connectivity index (χ4v) is 9.34. The third-order valence-corrected chi connectivity index (χ3v) is 12.3. The largest absolute Gasteiger partial charge is 0.456 e. The van der Waals surface area contributed by atoms with Gasteiger partial charge < -0.3 is 9.32 Å². The van der Waals surface area contributed by atoms with Crippen molar-refractivity contribution in [2.75, 3.05) is 4.90 Å². The average Bonchev–Trinajstić information content (AvgIpc) is 3.79. The smallest absolute Gasteiger partial charge is 0.136 e. The highest BCUT2D eigenvalue weighted by molar-refractivity contribution is 6.17. The predicted octanol–water partition coefficient (Wildman–Crippen LogP) is 16.0. The molecule has 1 aromatic heterocycles. The van der Waals surface area contributed by atoms with Gasteiger partial charge in [-0.15, -0.1) is 0 Å². The molecule has 0 aliphatic heterocycles. The van der Waals surface area contributed by atoms with Gasteiger partial charge in [-0.1, -0.05) is 166 Å². The van der Waals surface area contributed by atoms with Crippen molar-refractivity contribution in [3.63, 3.8) is 0 Å². The summed E-state index contributed by atoms with van der Waals surface area (Å²) in [5, 5.41) is 2.19. The summed E-state index contributed by atoms with van der Waals surface area (Å²) in [7, 11) is 0. The third kappa shape index (κ3) is 5.87. The summed E-state index contributed by atoms with van der Waals surface area (Å²) in [4.78, 5) is 2.46. The first-order valence-electron chi connectivity index (χ1n) is 20.4. The van der Waals surface area contributed by atoms with E-state index in [1.165, 1.54) is 44.5 Å². The SMILES string of the molecule is CC1(C)c2ccccc2-c2ccc(N(c3ccc(-c4ccccc4)cc3)c3ccc4oc5ccccc5c4c3-c3cc(-c4ccccc4)cc(-c4ccccc4)c3)cc21. The zero-order valence-electron chi connectivity index (χ0n) is 33.1. The molecule has 0 saturated heterocycles. The molecule has 0 radical (unpaired) electrons. The second kappa shape index (κ2) is 13.9. The van der Waals surface area contributed by atoms with Crippen molar-refractivity contribution in [2.45, 2.75) is 19.3 Å². The number of fused-ring (bicyclic) bond motifs is 6. The Morgan fingerprint density at radius 1 is 0.373 bits per heavy atom. The van der Waals surface area contributed by atoms with E-state index in [0.717, 1.165) is 61.3 Å². The highest BCUT2D eigenvalue weighted by Crippen LogP contribution is 2.53. The lowest BCUT2D eigenvalue weighted by molar-refractivity contribution is 0.660. The monoisotopic (exact) mass is 755 g/mol. The average molecular weight is 756 g/mol. The number of para-hydroxylation sites is 1. The van der Waals surface area contributed by atoms with Gasteiger partial charge in [0.2, 0.25) is 0 Å². The van der Waals surface area contributed by atoms with Crippen LogP contribution in [-0.4, -0.2) is 0 Å². The van der Waals surface area contributed by atoms with Crippen LogP contribution in [0.4, 0.5) is 17.1 Å². The van der Waals surface area contributed by atoms with Crippen LogP contribution < -0.4 is 4.90 Å². The second-order valence-corrected chi connectivity index (χ2v) is 16.1. The van der Waals surface area contributed by atoms with Crippen LogP contribution in [0.3, 0.4) is 0 Å². The van der Waals surface area contributed by atoms with Gasteiger partial charge in [0.1, 0.15) is 11.2 Å². The second-order valence-electron chi connectivity index (χ2n) is 16.1. The summed E-state index contributed by atoms with van der Waals surface area (Å²) in [6, 6.07) is 77.0. The number of anilines is 3. The van der Waals surface area contributed by atoms with Crippen molar-refractivity contribution < 1.29 is 4.42 Å². The topological polar surface area (TPSA) is 16.4 Å². The van der Waals surface area contributed by atoms with E-state index in [2.05, 4.69) is 231 Å². The van der Waals surface area contributed by atoms with E-state index in [1.54, 1.807) is 0 Å². The zero-order valence-corrected chi connectivity index (χ0v) is 33.1. The Hall–Kier alpha value is -7.42. The molecular weight excluding hydrogens is 715 g/mol. The molecule has 0 spiro atoms. The molecule has 11 rings (SSSR count). The highest BCUT2D eigenvalue weighted by Gasteiger charge is 2.36. The lowest BCUT2D eigenvalue weighted by Gasteiger charge is -2.30. The van der Waals surface area contributed by atoms with Gasteiger partial charge in [0.25, 0.3) is 0 Å². The van der Waals surface area contributed by atoms with Gasteiger partial charge in [-0.25, -0.2) is 0 Å². The van der Waals surface area contributed by atoms with E-state index in [9.17, 15) is 0 Å². The van der Waals surface area contributed by atoms with Crippen molar-refractivity contribution in [3.8, 4) is 55.6 Å². The molecule has 0 N–H and O–H groups in total. The Labute approximate surface area is 345 Å². The molecule has 0 fully saturated rings. The van der Waals surface area contributed by atoms with Gasteiger partial charge in [-0.3, -0.25) is 0 Å². The van der Waals surface area contributed by atoms with Crippen LogP contribution >= 0.6 is 0 Å². The molecule has 9 aromatic carbocycles. The van der Waals surface area contributed by atoms with Crippen molar-refractivity contribution >= 4 is 39.0 Å². The number of nitrogens with zero attached hydrogens (tertiary/aromatic N) is 1. The van der Waals surface area contributed by atoms with Crippen LogP contribution in [0.1, 0.15) is 25.0 Å². The molecule has 2 heteroatoms. The summed E-state index contributed by atoms with van der Waals surface area (Å²) < 4.78 is 6.66. The van der Waals surface area contributed by atoms with Crippen LogP contribution in [0.5, 0.6) is 0 Å². The number of benzene rings is 9. The van der Waals surface area contributed by atoms with Crippen molar-refractivity contribution in [1.82, 2.24) is 0 Å². The summed E-state index contributed by atoms with van der Waals surface area (Å²) in [5.41, 5.74) is 19.4. The first kappa shape index (κ1) is 34.8. The van der Waals surface area contributed by atoms with Gasteiger partial charge in [0.15, 0.2) is 0 Å². The predicted molar refractivity (Wildman–Crippen MR) is 248 cm³/mol. The van der Waals surface area contributed by atoms with Gasteiger partial charge >= 0.3 is 0 Å². The Balaban J connectivity index is 1.21. The molecular formula is C57H41NO. The fourth-order valence-electron chi connectivity index (χ4n) is 9.34. The normalized spacial score (nSPS) is 12.7. The van der Waals surface area contributed by atoms with Crippen molar-refractivity contribution in [2.24, 2.45) is 0 Å². The maximum Gasteiger partial charge on any atom is 0.136 e. The summed E-state index contributed by atoms with van der Waals surface area (Å²) in [6.45, 7) is 4.71. The van der Waals surface area contributed by atoms with Crippen molar-refractivity contribution in [3.05, 3.63) is 223 Å². The Kier molecular flexibility index (Phi) is 8.20. The lowest BCUT2D eigenvalue weighted by Crippen LogP contribution is -2.17. The molecule has 0 unspecified atom stereocenters. The van der Waals surface area contributed by atoms with Crippen LogP contribution in [-0.2, 0) is 5.41 Å². The van der Waals surface area contributed by atoms with Gasteiger partial charge in [0.05, 0.1) is 5.69 Å². The highest BCUT2D eigenvalue weighted by atomic mass is 16.3. The van der Waals surface area contributed by atoms with E-state index in [-0.39, 0.29) is 5.41 Å². The minimum Gasteiger partial charge on any atom is -0.456 e. The summed E-state index contributed by atoms with van der Waals surface area (Å²) >= 11 is 0.